The molecule has 0 radical (unpaired) electrons. The van der Waals surface area contributed by atoms with Crippen molar-refractivity contribution in [1.29, 1.82) is 0 Å². The van der Waals surface area contributed by atoms with Crippen molar-refractivity contribution in [1.82, 2.24) is 5.32 Å². The Morgan fingerprint density at radius 3 is 2.00 bits per heavy atom. The van der Waals surface area contributed by atoms with Gasteiger partial charge in [0.2, 0.25) is 0 Å². The molecule has 114 valence electrons. The summed E-state index contributed by atoms with van der Waals surface area (Å²) >= 11 is 0. The summed E-state index contributed by atoms with van der Waals surface area (Å²) in [5, 5.41) is 2.17. The number of imide groups is 1. The van der Waals surface area contributed by atoms with Crippen molar-refractivity contribution >= 4 is 11.9 Å². The smallest absolute Gasteiger partial charge is 0.319 e. The molecular formula is C18H20N2O2. The van der Waals surface area contributed by atoms with Crippen LogP contribution in [0, 0.1) is 27.7 Å². The number of primary amides is 1. The van der Waals surface area contributed by atoms with Crippen LogP contribution in [0.25, 0.3) is 11.1 Å². The summed E-state index contributed by atoms with van der Waals surface area (Å²) in [6.07, 6.45) is 0. The fourth-order valence-electron chi connectivity index (χ4n) is 2.90. The van der Waals surface area contributed by atoms with Gasteiger partial charge in [-0.1, -0.05) is 30.3 Å². The maximum absolute atomic E-state index is 12.3. The van der Waals surface area contributed by atoms with Gasteiger partial charge in [-0.2, -0.15) is 0 Å². The van der Waals surface area contributed by atoms with Crippen molar-refractivity contribution in [2.75, 3.05) is 0 Å². The largest absolute Gasteiger partial charge is 0.351 e. The summed E-state index contributed by atoms with van der Waals surface area (Å²) < 4.78 is 0. The summed E-state index contributed by atoms with van der Waals surface area (Å²) in [7, 11) is 0. The molecule has 2 rings (SSSR count). The third-order valence-electron chi connectivity index (χ3n) is 4.15. The summed E-state index contributed by atoms with van der Waals surface area (Å²) in [4.78, 5) is 23.3. The van der Waals surface area contributed by atoms with E-state index >= 15 is 0 Å². The third-order valence-corrected chi connectivity index (χ3v) is 4.15. The highest BCUT2D eigenvalue weighted by Crippen LogP contribution is 2.34. The van der Waals surface area contributed by atoms with Crippen molar-refractivity contribution in [2.45, 2.75) is 27.7 Å². The lowest BCUT2D eigenvalue weighted by Gasteiger charge is -2.20. The normalized spacial score (nSPS) is 10.4. The van der Waals surface area contributed by atoms with Gasteiger partial charge in [0.25, 0.3) is 5.91 Å². The molecule has 3 amide bonds. The van der Waals surface area contributed by atoms with Gasteiger partial charge in [-0.05, 0) is 61.1 Å². The number of hydrogen-bond donors (Lipinski definition) is 2. The van der Waals surface area contributed by atoms with Gasteiger partial charge in [0, 0.05) is 5.56 Å². The van der Waals surface area contributed by atoms with Crippen LogP contribution in [0.4, 0.5) is 4.79 Å². The minimum Gasteiger partial charge on any atom is -0.351 e. The van der Waals surface area contributed by atoms with Gasteiger partial charge in [0.05, 0.1) is 0 Å². The fourth-order valence-corrected chi connectivity index (χ4v) is 2.90. The number of rotatable bonds is 2. The Kier molecular flexibility index (Phi) is 4.31. The van der Waals surface area contributed by atoms with E-state index in [1.54, 1.807) is 0 Å². The Hall–Kier alpha value is -2.62. The fraction of sp³-hybridized carbons (Fsp3) is 0.222. The van der Waals surface area contributed by atoms with Crippen molar-refractivity contribution in [2.24, 2.45) is 5.73 Å². The molecule has 0 aliphatic rings. The van der Waals surface area contributed by atoms with E-state index in [0.29, 0.717) is 5.56 Å². The van der Waals surface area contributed by atoms with Crippen molar-refractivity contribution in [3.8, 4) is 11.1 Å². The molecule has 3 N–H and O–H groups in total. The van der Waals surface area contributed by atoms with E-state index in [4.69, 9.17) is 5.73 Å². The zero-order chi connectivity index (χ0) is 16.4. The third kappa shape index (κ3) is 2.72. The molecule has 0 atom stereocenters. The molecule has 0 aliphatic carbocycles. The molecule has 0 fully saturated rings. The second kappa shape index (κ2) is 6.02. The second-order valence-corrected chi connectivity index (χ2v) is 5.43. The number of hydrogen-bond acceptors (Lipinski definition) is 2. The van der Waals surface area contributed by atoms with Gasteiger partial charge in [-0.3, -0.25) is 10.1 Å². The van der Waals surface area contributed by atoms with E-state index in [1.165, 1.54) is 0 Å². The monoisotopic (exact) mass is 296 g/mol. The van der Waals surface area contributed by atoms with Gasteiger partial charge in [0.1, 0.15) is 0 Å². The highest BCUT2D eigenvalue weighted by atomic mass is 16.2. The molecule has 0 aliphatic heterocycles. The van der Waals surface area contributed by atoms with Crippen LogP contribution in [-0.2, 0) is 0 Å². The Balaban J connectivity index is 2.74. The van der Waals surface area contributed by atoms with Crippen molar-refractivity contribution in [3.63, 3.8) is 0 Å². The van der Waals surface area contributed by atoms with Gasteiger partial charge in [-0.15, -0.1) is 0 Å². The minimum absolute atomic E-state index is 0.456. The molecule has 2 aromatic carbocycles. The number of carbonyl (C=O) groups is 2. The number of nitrogens with two attached hydrogens (primary N) is 1. The molecule has 0 saturated heterocycles. The average molecular weight is 296 g/mol. The van der Waals surface area contributed by atoms with Gasteiger partial charge in [0.15, 0.2) is 0 Å². The molecule has 0 bridgehead atoms. The molecule has 4 heteroatoms. The lowest BCUT2D eigenvalue weighted by molar-refractivity contribution is 0.0965. The highest BCUT2D eigenvalue weighted by molar-refractivity contribution is 6.07. The number of amides is 3. The predicted octanol–water partition coefficient (Wildman–Crippen LogP) is 3.40. The van der Waals surface area contributed by atoms with Crippen LogP contribution in [0.1, 0.15) is 32.6 Å². The van der Waals surface area contributed by atoms with Crippen LogP contribution >= 0.6 is 0 Å². The quantitative estimate of drug-likeness (QED) is 0.891. The maximum Gasteiger partial charge on any atom is 0.319 e. The van der Waals surface area contributed by atoms with Crippen LogP contribution in [0.5, 0.6) is 0 Å². The zero-order valence-electron chi connectivity index (χ0n) is 13.3. The first kappa shape index (κ1) is 15.8. The number of urea groups is 1. The minimum atomic E-state index is -0.844. The van der Waals surface area contributed by atoms with Gasteiger partial charge >= 0.3 is 6.03 Å². The molecule has 0 saturated carbocycles. The van der Waals surface area contributed by atoms with E-state index in [0.717, 1.165) is 33.4 Å². The van der Waals surface area contributed by atoms with Crippen molar-refractivity contribution in [3.05, 3.63) is 58.1 Å². The van der Waals surface area contributed by atoms with E-state index in [1.807, 2.05) is 58.0 Å². The van der Waals surface area contributed by atoms with Crippen LogP contribution in [0.3, 0.4) is 0 Å². The first-order valence-corrected chi connectivity index (χ1v) is 7.11. The SMILES string of the molecule is Cc1c(C)c(C(=O)NC(N)=O)c(C)c(-c2ccccc2)c1C. The standard InChI is InChI=1S/C18H20N2O2/c1-10-11(2)15(14-8-6-5-7-9-14)13(4)16(12(10)3)17(21)20-18(19)22/h5-9H,1-4H3,(H3,19,20,21,22). The number of nitrogens with one attached hydrogen (secondary N) is 1. The van der Waals surface area contributed by atoms with Gasteiger partial charge < -0.3 is 5.73 Å². The molecule has 0 spiro atoms. The van der Waals surface area contributed by atoms with Crippen LogP contribution < -0.4 is 11.1 Å². The molecule has 0 heterocycles. The molecule has 4 nitrogen and oxygen atoms in total. The maximum atomic E-state index is 12.3. The van der Waals surface area contributed by atoms with E-state index in [9.17, 15) is 9.59 Å². The Morgan fingerprint density at radius 1 is 0.864 bits per heavy atom. The van der Waals surface area contributed by atoms with Crippen LogP contribution in [0.15, 0.2) is 30.3 Å². The van der Waals surface area contributed by atoms with Gasteiger partial charge in [-0.25, -0.2) is 4.79 Å². The highest BCUT2D eigenvalue weighted by Gasteiger charge is 2.21. The lowest BCUT2D eigenvalue weighted by Crippen LogP contribution is -2.36. The average Bonchev–Trinajstić information content (AvgIpc) is 2.45. The van der Waals surface area contributed by atoms with E-state index in [2.05, 4.69) is 5.32 Å². The zero-order valence-corrected chi connectivity index (χ0v) is 13.3. The predicted molar refractivity (Wildman–Crippen MR) is 87.9 cm³/mol. The van der Waals surface area contributed by atoms with Crippen LogP contribution in [0.2, 0.25) is 0 Å². The molecule has 22 heavy (non-hydrogen) atoms. The summed E-state index contributed by atoms with van der Waals surface area (Å²) in [5.41, 5.74) is 11.6. The van der Waals surface area contributed by atoms with Crippen LogP contribution in [-0.4, -0.2) is 11.9 Å². The Morgan fingerprint density at radius 2 is 1.45 bits per heavy atom. The number of carbonyl (C=O) groups excluding carboxylic acids is 2. The van der Waals surface area contributed by atoms with E-state index in [-0.39, 0.29) is 0 Å². The topological polar surface area (TPSA) is 72.2 Å². The molecule has 0 aromatic heterocycles. The first-order valence-electron chi connectivity index (χ1n) is 7.11. The summed E-state index contributed by atoms with van der Waals surface area (Å²) in [6.45, 7) is 7.82. The molecule has 0 unspecified atom stereocenters. The number of benzene rings is 2. The second-order valence-electron chi connectivity index (χ2n) is 5.43. The van der Waals surface area contributed by atoms with E-state index < -0.39 is 11.9 Å². The summed E-state index contributed by atoms with van der Waals surface area (Å²) in [6, 6.07) is 9.07. The first-order chi connectivity index (χ1) is 10.3. The van der Waals surface area contributed by atoms with Crippen molar-refractivity contribution < 1.29 is 9.59 Å². The molecule has 2 aromatic rings. The summed E-state index contributed by atoms with van der Waals surface area (Å²) in [5.74, 6) is -0.456. The molecular weight excluding hydrogens is 276 g/mol. The Labute approximate surface area is 130 Å². The lowest BCUT2D eigenvalue weighted by atomic mass is 9.85. The Bertz CT molecular complexity index is 750.